The molecule has 8 heteroatoms. The summed E-state index contributed by atoms with van der Waals surface area (Å²) in [6, 6.07) is 4.34. The predicted molar refractivity (Wildman–Crippen MR) is 95.8 cm³/mol. The van der Waals surface area contributed by atoms with Crippen molar-refractivity contribution in [3.05, 3.63) is 39.2 Å². The van der Waals surface area contributed by atoms with Gasteiger partial charge in [-0.25, -0.2) is 14.8 Å². The van der Waals surface area contributed by atoms with E-state index in [0.717, 1.165) is 11.4 Å². The Kier molecular flexibility index (Phi) is 3.67. The fourth-order valence-electron chi connectivity index (χ4n) is 2.92. The van der Waals surface area contributed by atoms with Crippen LogP contribution in [0.5, 0.6) is 0 Å². The van der Waals surface area contributed by atoms with Gasteiger partial charge in [0, 0.05) is 30.9 Å². The van der Waals surface area contributed by atoms with E-state index in [2.05, 4.69) is 20.3 Å². The van der Waals surface area contributed by atoms with Gasteiger partial charge in [0.25, 0.3) is 5.56 Å². The molecule has 130 valence electrons. The monoisotopic (exact) mass is 340 g/mol. The molecule has 1 aliphatic rings. The molecule has 2 N–H and O–H groups in total. The predicted octanol–water partition coefficient (Wildman–Crippen LogP) is 1.56. The molecule has 0 aromatic carbocycles. The van der Waals surface area contributed by atoms with Crippen LogP contribution in [0.3, 0.4) is 0 Å². The molecule has 0 radical (unpaired) electrons. The van der Waals surface area contributed by atoms with Gasteiger partial charge in [-0.1, -0.05) is 0 Å². The molecule has 3 aromatic rings. The van der Waals surface area contributed by atoms with Gasteiger partial charge < -0.3 is 10.3 Å². The number of fused-ring (bicyclic) bond motifs is 1. The molecule has 25 heavy (non-hydrogen) atoms. The highest BCUT2D eigenvalue weighted by molar-refractivity contribution is 5.75. The second-order valence-corrected chi connectivity index (χ2v) is 6.21. The van der Waals surface area contributed by atoms with E-state index in [4.69, 9.17) is 0 Å². The summed E-state index contributed by atoms with van der Waals surface area (Å²) in [7, 11) is 0. The zero-order chi connectivity index (χ0) is 17.6. The number of anilines is 1. The quantitative estimate of drug-likeness (QED) is 0.734. The van der Waals surface area contributed by atoms with E-state index in [-0.39, 0.29) is 11.2 Å². The van der Waals surface area contributed by atoms with Gasteiger partial charge >= 0.3 is 5.69 Å². The number of nitrogens with one attached hydrogen (secondary N) is 2. The molecule has 3 aromatic heterocycles. The summed E-state index contributed by atoms with van der Waals surface area (Å²) in [6.45, 7) is 4.41. The Morgan fingerprint density at radius 3 is 2.56 bits per heavy atom. The highest BCUT2D eigenvalue weighted by Crippen LogP contribution is 2.25. The van der Waals surface area contributed by atoms with Crippen molar-refractivity contribution in [1.82, 2.24) is 24.1 Å². The van der Waals surface area contributed by atoms with Crippen molar-refractivity contribution < 1.29 is 0 Å². The first-order chi connectivity index (χ1) is 12.1. The van der Waals surface area contributed by atoms with Crippen LogP contribution in [0.25, 0.3) is 22.6 Å². The van der Waals surface area contributed by atoms with E-state index >= 15 is 0 Å². The molecule has 0 atom stereocenters. The summed E-state index contributed by atoms with van der Waals surface area (Å²) in [6.07, 6.45) is 4.09. The maximum atomic E-state index is 12.5. The normalized spacial score (nSPS) is 14.2. The van der Waals surface area contributed by atoms with E-state index in [0.29, 0.717) is 36.1 Å². The molecule has 1 saturated carbocycles. The maximum Gasteiger partial charge on any atom is 0.332 e. The summed E-state index contributed by atoms with van der Waals surface area (Å²) < 4.78 is 2.73. The van der Waals surface area contributed by atoms with Crippen LogP contribution in [-0.2, 0) is 13.1 Å². The van der Waals surface area contributed by atoms with Crippen LogP contribution in [0.2, 0.25) is 0 Å². The largest absolute Gasteiger partial charge is 0.367 e. The number of aromatic nitrogens is 5. The Morgan fingerprint density at radius 2 is 1.96 bits per heavy atom. The van der Waals surface area contributed by atoms with Gasteiger partial charge in [-0.3, -0.25) is 13.9 Å². The minimum absolute atomic E-state index is 0.324. The van der Waals surface area contributed by atoms with Crippen molar-refractivity contribution >= 4 is 17.0 Å². The van der Waals surface area contributed by atoms with Crippen LogP contribution in [0, 0.1) is 0 Å². The maximum absolute atomic E-state index is 12.5. The van der Waals surface area contributed by atoms with Crippen LogP contribution < -0.4 is 16.6 Å². The van der Waals surface area contributed by atoms with Gasteiger partial charge in [-0.2, -0.15) is 0 Å². The first-order valence-corrected chi connectivity index (χ1v) is 8.58. The summed E-state index contributed by atoms with van der Waals surface area (Å²) >= 11 is 0. The summed E-state index contributed by atoms with van der Waals surface area (Å²) in [5.74, 6) is 1.37. The Labute approximate surface area is 143 Å². The molecule has 4 rings (SSSR count). The highest BCUT2D eigenvalue weighted by Gasteiger charge is 2.21. The minimum Gasteiger partial charge on any atom is -0.367 e. The topological polar surface area (TPSA) is 97.6 Å². The lowest BCUT2D eigenvalue weighted by Gasteiger charge is -2.06. The SMILES string of the molecule is CCn1c(=O)c2[nH]c(-c3ccc(NC4CC4)nc3)nc2n(CC)c1=O. The van der Waals surface area contributed by atoms with E-state index in [1.807, 2.05) is 19.1 Å². The zero-order valence-electron chi connectivity index (χ0n) is 14.2. The second kappa shape index (κ2) is 5.87. The number of imidazole rings is 1. The summed E-state index contributed by atoms with van der Waals surface area (Å²) in [5.41, 5.74) is 0.833. The number of H-pyrrole nitrogens is 1. The average molecular weight is 340 g/mol. The second-order valence-electron chi connectivity index (χ2n) is 6.21. The third kappa shape index (κ3) is 2.63. The molecule has 1 fully saturated rings. The number of hydrogen-bond donors (Lipinski definition) is 2. The van der Waals surface area contributed by atoms with Crippen molar-refractivity contribution in [2.24, 2.45) is 0 Å². The number of pyridine rings is 1. The van der Waals surface area contributed by atoms with Gasteiger partial charge in [0.05, 0.1) is 0 Å². The minimum atomic E-state index is -0.342. The number of hydrogen-bond acceptors (Lipinski definition) is 5. The molecule has 0 aliphatic heterocycles. The van der Waals surface area contributed by atoms with Crippen molar-refractivity contribution in [3.63, 3.8) is 0 Å². The molecule has 0 unspecified atom stereocenters. The average Bonchev–Trinajstić information content (AvgIpc) is 3.32. The lowest BCUT2D eigenvalue weighted by Crippen LogP contribution is -2.39. The number of rotatable bonds is 5. The van der Waals surface area contributed by atoms with Crippen LogP contribution in [0.4, 0.5) is 5.82 Å². The number of nitrogens with zero attached hydrogens (tertiary/aromatic N) is 4. The Balaban J connectivity index is 1.81. The van der Waals surface area contributed by atoms with Crippen molar-refractivity contribution in [2.75, 3.05) is 5.32 Å². The van der Waals surface area contributed by atoms with Crippen LogP contribution >= 0.6 is 0 Å². The molecule has 1 aliphatic carbocycles. The van der Waals surface area contributed by atoms with Gasteiger partial charge in [-0.05, 0) is 38.8 Å². The Morgan fingerprint density at radius 1 is 1.20 bits per heavy atom. The lowest BCUT2D eigenvalue weighted by atomic mass is 10.2. The summed E-state index contributed by atoms with van der Waals surface area (Å²) in [5, 5.41) is 3.33. The molecule has 3 heterocycles. The molecule has 8 nitrogen and oxygen atoms in total. The van der Waals surface area contributed by atoms with Gasteiger partial charge in [0.2, 0.25) is 0 Å². The standard InChI is InChI=1S/C17H20N6O2/c1-3-22-15-13(16(24)23(4-2)17(22)25)20-14(21-15)10-5-8-12(18-9-10)19-11-6-7-11/h5,8-9,11H,3-4,6-7H2,1-2H3,(H,18,19)(H,20,21). The Hall–Kier alpha value is -2.90. The van der Waals surface area contributed by atoms with Crippen LogP contribution in [0.1, 0.15) is 26.7 Å². The summed E-state index contributed by atoms with van der Waals surface area (Å²) in [4.78, 5) is 36.9. The smallest absolute Gasteiger partial charge is 0.332 e. The van der Waals surface area contributed by atoms with Gasteiger partial charge in [0.15, 0.2) is 5.65 Å². The first kappa shape index (κ1) is 15.6. The van der Waals surface area contributed by atoms with E-state index in [9.17, 15) is 9.59 Å². The van der Waals surface area contributed by atoms with Crippen molar-refractivity contribution in [2.45, 2.75) is 45.8 Å². The third-order valence-electron chi connectivity index (χ3n) is 4.46. The van der Waals surface area contributed by atoms with E-state index in [1.165, 1.54) is 22.0 Å². The Bertz CT molecular complexity index is 1040. The molecular weight excluding hydrogens is 320 g/mol. The zero-order valence-corrected chi connectivity index (χ0v) is 14.2. The van der Waals surface area contributed by atoms with E-state index < -0.39 is 0 Å². The molecule has 0 amide bonds. The van der Waals surface area contributed by atoms with Crippen LogP contribution in [-0.4, -0.2) is 30.1 Å². The molecule has 0 saturated heterocycles. The highest BCUT2D eigenvalue weighted by atomic mass is 16.2. The van der Waals surface area contributed by atoms with Crippen molar-refractivity contribution in [3.8, 4) is 11.4 Å². The van der Waals surface area contributed by atoms with Crippen LogP contribution in [0.15, 0.2) is 27.9 Å². The fraction of sp³-hybridized carbons (Fsp3) is 0.412. The number of aromatic amines is 1. The first-order valence-electron chi connectivity index (χ1n) is 8.58. The fourth-order valence-corrected chi connectivity index (χ4v) is 2.92. The molecule has 0 bridgehead atoms. The molecule has 0 spiro atoms. The lowest BCUT2D eigenvalue weighted by molar-refractivity contribution is 0.606. The molecular formula is C17H20N6O2. The third-order valence-corrected chi connectivity index (χ3v) is 4.46. The van der Waals surface area contributed by atoms with E-state index in [1.54, 1.807) is 13.1 Å². The van der Waals surface area contributed by atoms with Gasteiger partial charge in [0.1, 0.15) is 17.2 Å². The van der Waals surface area contributed by atoms with Gasteiger partial charge in [-0.15, -0.1) is 0 Å². The van der Waals surface area contributed by atoms with Crippen molar-refractivity contribution in [1.29, 1.82) is 0 Å². The number of aryl methyl sites for hydroxylation is 1.